The lowest BCUT2D eigenvalue weighted by molar-refractivity contribution is -0.153. The summed E-state index contributed by atoms with van der Waals surface area (Å²) in [5.74, 6) is -0.813. The average molecular weight is 427 g/mol. The number of nitriles is 1. The van der Waals surface area contributed by atoms with E-state index in [1.807, 2.05) is 0 Å². The van der Waals surface area contributed by atoms with E-state index in [4.69, 9.17) is 5.26 Å². The van der Waals surface area contributed by atoms with Gasteiger partial charge in [0.15, 0.2) is 6.61 Å². The lowest BCUT2D eigenvalue weighted by atomic mass is 10.2. The second-order valence-corrected chi connectivity index (χ2v) is 7.50. The normalized spacial score (nSPS) is 11.5. The van der Waals surface area contributed by atoms with Gasteiger partial charge in [-0.15, -0.1) is 0 Å². The molecule has 1 amide bonds. The third-order valence-electron chi connectivity index (χ3n) is 3.47. The first-order chi connectivity index (χ1) is 13.6. The van der Waals surface area contributed by atoms with Gasteiger partial charge < -0.3 is 10.1 Å². The van der Waals surface area contributed by atoms with Crippen LogP contribution in [-0.4, -0.2) is 33.7 Å². The van der Waals surface area contributed by atoms with E-state index < -0.39 is 28.7 Å². The SMILES string of the molecule is N#Cc1cc(NC(=O)CCNS(=O)(=O)c2ccccc2)ccc1OCC(F)(F)F. The number of sulfonamides is 1. The van der Waals surface area contributed by atoms with Gasteiger partial charge in [-0.25, -0.2) is 13.1 Å². The number of benzene rings is 2. The molecule has 0 aliphatic carbocycles. The maximum atomic E-state index is 12.2. The van der Waals surface area contributed by atoms with Crippen molar-refractivity contribution in [3.05, 3.63) is 54.1 Å². The minimum Gasteiger partial charge on any atom is -0.483 e. The monoisotopic (exact) mass is 427 g/mol. The Morgan fingerprint density at radius 2 is 1.83 bits per heavy atom. The molecule has 0 fully saturated rings. The molecule has 2 aromatic carbocycles. The van der Waals surface area contributed by atoms with E-state index in [2.05, 4.69) is 14.8 Å². The van der Waals surface area contributed by atoms with Crippen molar-refractivity contribution < 1.29 is 31.1 Å². The predicted molar refractivity (Wildman–Crippen MR) is 97.6 cm³/mol. The molecule has 11 heteroatoms. The molecule has 0 bridgehead atoms. The number of hydrogen-bond donors (Lipinski definition) is 2. The van der Waals surface area contributed by atoms with Gasteiger partial charge in [0.05, 0.1) is 10.5 Å². The van der Waals surface area contributed by atoms with Crippen LogP contribution in [0.3, 0.4) is 0 Å². The Kier molecular flexibility index (Phi) is 7.19. The van der Waals surface area contributed by atoms with Crippen molar-refractivity contribution in [1.82, 2.24) is 4.72 Å². The molecule has 2 N–H and O–H groups in total. The van der Waals surface area contributed by atoms with Crippen molar-refractivity contribution in [2.24, 2.45) is 0 Å². The summed E-state index contributed by atoms with van der Waals surface area (Å²) in [5, 5.41) is 11.5. The Balaban J connectivity index is 1.91. The average Bonchev–Trinajstić information content (AvgIpc) is 2.66. The number of ether oxygens (including phenoxy) is 1. The van der Waals surface area contributed by atoms with Crippen LogP contribution in [0.1, 0.15) is 12.0 Å². The highest BCUT2D eigenvalue weighted by atomic mass is 32.2. The highest BCUT2D eigenvalue weighted by molar-refractivity contribution is 7.89. The van der Waals surface area contributed by atoms with Crippen LogP contribution in [0.2, 0.25) is 0 Å². The van der Waals surface area contributed by atoms with Crippen molar-refractivity contribution in [3.8, 4) is 11.8 Å². The van der Waals surface area contributed by atoms with E-state index >= 15 is 0 Å². The predicted octanol–water partition coefficient (Wildman–Crippen LogP) is 2.81. The maximum absolute atomic E-state index is 12.2. The molecule has 0 atom stereocenters. The molecule has 0 spiro atoms. The van der Waals surface area contributed by atoms with Gasteiger partial charge in [0.25, 0.3) is 0 Å². The van der Waals surface area contributed by atoms with Crippen LogP contribution in [0.15, 0.2) is 53.4 Å². The molecule has 29 heavy (non-hydrogen) atoms. The first-order valence-corrected chi connectivity index (χ1v) is 9.67. The molecule has 0 unspecified atom stereocenters. The second kappa shape index (κ2) is 9.40. The standard InChI is InChI=1S/C18H16F3N3O4S/c19-18(20,21)12-28-16-7-6-14(10-13(16)11-22)24-17(25)8-9-23-29(26,27)15-4-2-1-3-5-15/h1-7,10,23H,8-9,12H2,(H,24,25). The molecule has 0 radical (unpaired) electrons. The molecule has 0 aromatic heterocycles. The number of alkyl halides is 3. The lowest BCUT2D eigenvalue weighted by Crippen LogP contribution is -2.27. The van der Waals surface area contributed by atoms with Crippen LogP contribution >= 0.6 is 0 Å². The summed E-state index contributed by atoms with van der Waals surface area (Å²) in [4.78, 5) is 12.0. The highest BCUT2D eigenvalue weighted by Gasteiger charge is 2.28. The van der Waals surface area contributed by atoms with Gasteiger partial charge >= 0.3 is 6.18 Å². The fourth-order valence-corrected chi connectivity index (χ4v) is 3.24. The van der Waals surface area contributed by atoms with Crippen molar-refractivity contribution in [1.29, 1.82) is 5.26 Å². The zero-order chi connectivity index (χ0) is 21.5. The zero-order valence-electron chi connectivity index (χ0n) is 14.9. The number of carbonyl (C=O) groups is 1. The van der Waals surface area contributed by atoms with Gasteiger partial charge in [0, 0.05) is 18.7 Å². The van der Waals surface area contributed by atoms with Crippen LogP contribution in [0.4, 0.5) is 18.9 Å². The smallest absolute Gasteiger partial charge is 0.422 e. The molecule has 7 nitrogen and oxygen atoms in total. The maximum Gasteiger partial charge on any atom is 0.422 e. The summed E-state index contributed by atoms with van der Waals surface area (Å²) in [6.45, 7) is -1.71. The van der Waals surface area contributed by atoms with E-state index in [0.717, 1.165) is 12.1 Å². The molecule has 0 aliphatic rings. The highest BCUT2D eigenvalue weighted by Crippen LogP contribution is 2.25. The van der Waals surface area contributed by atoms with Crippen molar-refractivity contribution in [2.45, 2.75) is 17.5 Å². The lowest BCUT2D eigenvalue weighted by Gasteiger charge is -2.12. The van der Waals surface area contributed by atoms with Crippen LogP contribution in [0.5, 0.6) is 5.75 Å². The Morgan fingerprint density at radius 1 is 1.14 bits per heavy atom. The van der Waals surface area contributed by atoms with Crippen LogP contribution < -0.4 is 14.8 Å². The number of halogens is 3. The molecule has 2 aromatic rings. The van der Waals surface area contributed by atoms with Crippen LogP contribution in [0.25, 0.3) is 0 Å². The van der Waals surface area contributed by atoms with Gasteiger partial charge in [-0.2, -0.15) is 18.4 Å². The molecule has 0 saturated heterocycles. The number of nitrogens with one attached hydrogen (secondary N) is 2. The quantitative estimate of drug-likeness (QED) is 0.674. The minimum atomic E-state index is -4.55. The largest absolute Gasteiger partial charge is 0.483 e. The van der Waals surface area contributed by atoms with E-state index in [1.54, 1.807) is 24.3 Å². The van der Waals surface area contributed by atoms with E-state index in [9.17, 15) is 26.4 Å². The van der Waals surface area contributed by atoms with Crippen LogP contribution in [0, 0.1) is 11.3 Å². The fraction of sp³-hybridized carbons (Fsp3) is 0.222. The summed E-state index contributed by atoms with van der Waals surface area (Å²) in [5.41, 5.74) is -0.0198. The van der Waals surface area contributed by atoms with Crippen molar-refractivity contribution >= 4 is 21.6 Å². The molecule has 0 saturated carbocycles. The summed E-state index contributed by atoms with van der Waals surface area (Å²) in [6.07, 6.45) is -4.74. The topological polar surface area (TPSA) is 108 Å². The van der Waals surface area contributed by atoms with Crippen LogP contribution in [-0.2, 0) is 14.8 Å². The molecular formula is C18H16F3N3O4S. The number of carbonyl (C=O) groups excluding carboxylic acids is 1. The van der Waals surface area contributed by atoms with Gasteiger partial charge in [0.2, 0.25) is 15.9 Å². The van der Waals surface area contributed by atoms with Gasteiger partial charge in [-0.05, 0) is 30.3 Å². The third kappa shape index (κ3) is 7.10. The molecule has 0 aliphatic heterocycles. The first kappa shape index (κ1) is 22.2. The number of hydrogen-bond acceptors (Lipinski definition) is 5. The number of anilines is 1. The van der Waals surface area contributed by atoms with Crippen molar-refractivity contribution in [3.63, 3.8) is 0 Å². The number of rotatable bonds is 8. The zero-order valence-corrected chi connectivity index (χ0v) is 15.7. The number of nitrogens with zero attached hydrogens (tertiary/aromatic N) is 1. The molecular weight excluding hydrogens is 411 g/mol. The van der Waals surface area contributed by atoms with Gasteiger partial charge in [-0.1, -0.05) is 18.2 Å². The van der Waals surface area contributed by atoms with E-state index in [0.29, 0.717) is 0 Å². The Morgan fingerprint density at radius 3 is 2.45 bits per heavy atom. The van der Waals surface area contributed by atoms with Crippen molar-refractivity contribution in [2.75, 3.05) is 18.5 Å². The second-order valence-electron chi connectivity index (χ2n) is 5.74. The molecule has 2 rings (SSSR count). The molecule has 154 valence electrons. The van der Waals surface area contributed by atoms with Gasteiger partial charge in [-0.3, -0.25) is 4.79 Å². The summed E-state index contributed by atoms with van der Waals surface area (Å²) < 4.78 is 67.6. The summed E-state index contributed by atoms with van der Waals surface area (Å²) in [7, 11) is -3.74. The third-order valence-corrected chi connectivity index (χ3v) is 4.95. The Bertz CT molecular complexity index is 1000. The first-order valence-electron chi connectivity index (χ1n) is 8.19. The van der Waals surface area contributed by atoms with E-state index in [1.165, 1.54) is 18.2 Å². The minimum absolute atomic E-state index is 0.0634. The molecule has 0 heterocycles. The summed E-state index contributed by atoms with van der Waals surface area (Å²) >= 11 is 0. The number of amides is 1. The van der Waals surface area contributed by atoms with Gasteiger partial charge in [0.1, 0.15) is 11.8 Å². The fourth-order valence-electron chi connectivity index (χ4n) is 2.19. The Hall–Kier alpha value is -3.10. The summed E-state index contributed by atoms with van der Waals surface area (Å²) in [6, 6.07) is 12.9. The Labute approximate surface area is 165 Å². The van der Waals surface area contributed by atoms with E-state index in [-0.39, 0.29) is 34.9 Å².